The van der Waals surface area contributed by atoms with Gasteiger partial charge in [-0.1, -0.05) is 40.0 Å². The smallest absolute Gasteiger partial charge is 0.0885 e. The van der Waals surface area contributed by atoms with E-state index in [9.17, 15) is 0 Å². The number of fused-ring (bicyclic) bond motifs is 1. The Labute approximate surface area is 172 Å². The van der Waals surface area contributed by atoms with Crippen molar-refractivity contribution in [3.05, 3.63) is 17.5 Å². The molecule has 6 heteroatoms. The number of rotatable bonds is 7. The van der Waals surface area contributed by atoms with Crippen LogP contribution in [0.3, 0.4) is 0 Å². The van der Waals surface area contributed by atoms with Gasteiger partial charge in [0.1, 0.15) is 0 Å². The Morgan fingerprint density at radius 3 is 2.68 bits per heavy atom. The largest absolute Gasteiger partial charge is 0.378 e. The fraction of sp³-hybridized carbons (Fsp3) is 0.864. The van der Waals surface area contributed by atoms with Gasteiger partial charge in [0.25, 0.3) is 0 Å². The third-order valence-corrected chi connectivity index (χ3v) is 5.09. The van der Waals surface area contributed by atoms with E-state index in [1.165, 1.54) is 37.8 Å². The van der Waals surface area contributed by atoms with Gasteiger partial charge in [-0.15, -0.1) is 0 Å². The maximum atomic E-state index is 5.85. The van der Waals surface area contributed by atoms with Crippen molar-refractivity contribution in [3.8, 4) is 0 Å². The molecule has 162 valence electrons. The van der Waals surface area contributed by atoms with Gasteiger partial charge in [-0.3, -0.25) is 9.58 Å². The first-order valence-electron chi connectivity index (χ1n) is 11.0. The summed E-state index contributed by atoms with van der Waals surface area (Å²) in [4.78, 5) is 2.27. The normalized spacial score (nSPS) is 17.9. The Hall–Kier alpha value is -0.950. The van der Waals surface area contributed by atoms with E-state index in [4.69, 9.17) is 9.47 Å². The summed E-state index contributed by atoms with van der Waals surface area (Å²) in [6.45, 7) is 12.9. The number of aromatic nitrogens is 2. The lowest BCUT2D eigenvalue weighted by Gasteiger charge is -2.26. The lowest BCUT2D eigenvalue weighted by atomic mass is 9.96. The van der Waals surface area contributed by atoms with Crippen molar-refractivity contribution < 1.29 is 9.47 Å². The van der Waals surface area contributed by atoms with Gasteiger partial charge >= 0.3 is 0 Å². The minimum atomic E-state index is 0.331. The minimum absolute atomic E-state index is 0.331. The lowest BCUT2D eigenvalue weighted by Crippen LogP contribution is -2.27. The average molecular weight is 395 g/mol. The van der Waals surface area contributed by atoms with E-state index in [0.29, 0.717) is 18.1 Å². The van der Waals surface area contributed by atoms with Gasteiger partial charge < -0.3 is 14.8 Å². The molecule has 1 aromatic rings. The number of ether oxygens (including phenoxy) is 2. The third-order valence-electron chi connectivity index (χ3n) is 5.09. The minimum Gasteiger partial charge on any atom is -0.378 e. The standard InChI is InChI=1S/C11H20N4O.C11H22O/c1-12-3-4-14(2)8-10-7-11-9-16-6-5-15(11)13-10;1-11(2,3)9-12-10-7-5-4-6-8-10/h7,12H,3-6,8-9H2,1-2H3;10H,4-9H2,1-3H3. The van der Waals surface area contributed by atoms with Gasteiger partial charge in [0.2, 0.25) is 0 Å². The molecule has 0 radical (unpaired) electrons. The second kappa shape index (κ2) is 11.9. The Balaban J connectivity index is 0.000000209. The van der Waals surface area contributed by atoms with Crippen molar-refractivity contribution in [1.29, 1.82) is 0 Å². The predicted octanol–water partition coefficient (Wildman–Crippen LogP) is 3.45. The number of hydrogen-bond acceptors (Lipinski definition) is 5. The van der Waals surface area contributed by atoms with Crippen LogP contribution < -0.4 is 5.32 Å². The predicted molar refractivity (Wildman–Crippen MR) is 114 cm³/mol. The Morgan fingerprint density at radius 2 is 2.04 bits per heavy atom. The quantitative estimate of drug-likeness (QED) is 0.768. The van der Waals surface area contributed by atoms with Crippen LogP contribution in [0.25, 0.3) is 0 Å². The highest BCUT2D eigenvalue weighted by atomic mass is 16.5. The van der Waals surface area contributed by atoms with E-state index in [1.807, 2.05) is 7.05 Å². The van der Waals surface area contributed by atoms with E-state index in [2.05, 4.69) is 53.9 Å². The monoisotopic (exact) mass is 394 g/mol. The first-order valence-corrected chi connectivity index (χ1v) is 11.0. The number of nitrogens with zero attached hydrogens (tertiary/aromatic N) is 3. The fourth-order valence-corrected chi connectivity index (χ4v) is 3.49. The van der Waals surface area contributed by atoms with Gasteiger partial charge in [-0.05, 0) is 38.4 Å². The van der Waals surface area contributed by atoms with Gasteiger partial charge in [-0.2, -0.15) is 5.10 Å². The summed E-state index contributed by atoms with van der Waals surface area (Å²) in [6.07, 6.45) is 7.29. The summed E-state index contributed by atoms with van der Waals surface area (Å²) in [7, 11) is 4.09. The van der Waals surface area contributed by atoms with E-state index < -0.39 is 0 Å². The van der Waals surface area contributed by atoms with Crippen molar-refractivity contribution >= 4 is 0 Å². The number of hydrogen-bond donors (Lipinski definition) is 1. The summed E-state index contributed by atoms with van der Waals surface area (Å²) in [5, 5.41) is 7.72. The summed E-state index contributed by atoms with van der Waals surface area (Å²) in [5.41, 5.74) is 2.67. The van der Waals surface area contributed by atoms with Gasteiger partial charge in [-0.25, -0.2) is 0 Å². The average Bonchev–Trinajstić information content (AvgIpc) is 3.08. The maximum Gasteiger partial charge on any atom is 0.0885 e. The SMILES string of the molecule is CC(C)(C)COC1CCCCC1.CNCCN(C)Cc1cc2n(n1)CCOC2. The highest BCUT2D eigenvalue weighted by molar-refractivity contribution is 5.10. The molecular weight excluding hydrogens is 352 g/mol. The third kappa shape index (κ3) is 9.03. The van der Waals surface area contributed by atoms with Crippen LogP contribution in [0.15, 0.2) is 6.07 Å². The topological polar surface area (TPSA) is 51.5 Å². The molecule has 1 fully saturated rings. The molecule has 2 heterocycles. The van der Waals surface area contributed by atoms with Crippen LogP contribution in [0.1, 0.15) is 64.3 Å². The van der Waals surface area contributed by atoms with Gasteiger partial charge in [0, 0.05) is 19.6 Å². The molecule has 0 unspecified atom stereocenters. The first-order chi connectivity index (χ1) is 13.4. The molecule has 1 aliphatic carbocycles. The highest BCUT2D eigenvalue weighted by Gasteiger charge is 2.17. The molecule has 0 atom stereocenters. The van der Waals surface area contributed by atoms with Gasteiger partial charge in [0.05, 0.1) is 43.9 Å². The van der Waals surface area contributed by atoms with Crippen LogP contribution in [0.5, 0.6) is 0 Å². The molecule has 6 nitrogen and oxygen atoms in total. The molecule has 0 saturated heterocycles. The summed E-state index contributed by atoms with van der Waals surface area (Å²) in [6, 6.07) is 2.15. The van der Waals surface area contributed by atoms with E-state index >= 15 is 0 Å². The van der Waals surface area contributed by atoms with Crippen molar-refractivity contribution in [1.82, 2.24) is 20.0 Å². The molecule has 0 bridgehead atoms. The van der Waals surface area contributed by atoms with Crippen LogP contribution in [0.4, 0.5) is 0 Å². The van der Waals surface area contributed by atoms with Crippen LogP contribution >= 0.6 is 0 Å². The maximum absolute atomic E-state index is 5.85. The highest BCUT2D eigenvalue weighted by Crippen LogP contribution is 2.23. The molecule has 0 amide bonds. The van der Waals surface area contributed by atoms with Crippen LogP contribution in [-0.2, 0) is 29.2 Å². The lowest BCUT2D eigenvalue weighted by molar-refractivity contribution is -0.00956. The number of likely N-dealkylation sites (N-methyl/N-ethyl adjacent to an activating group) is 2. The molecule has 3 rings (SSSR count). The fourth-order valence-electron chi connectivity index (χ4n) is 3.49. The molecule has 1 saturated carbocycles. The Morgan fingerprint density at radius 1 is 1.29 bits per heavy atom. The van der Waals surface area contributed by atoms with Crippen molar-refractivity contribution in [2.24, 2.45) is 5.41 Å². The van der Waals surface area contributed by atoms with Crippen LogP contribution in [-0.4, -0.2) is 61.2 Å². The van der Waals surface area contributed by atoms with Gasteiger partial charge in [0.15, 0.2) is 0 Å². The van der Waals surface area contributed by atoms with Crippen molar-refractivity contribution in [2.75, 3.05) is 40.4 Å². The Kier molecular flexibility index (Phi) is 9.92. The van der Waals surface area contributed by atoms with Crippen molar-refractivity contribution in [2.45, 2.75) is 78.7 Å². The number of nitrogens with one attached hydrogen (secondary N) is 1. The molecule has 0 aromatic carbocycles. The summed E-state index contributed by atoms with van der Waals surface area (Å²) < 4.78 is 13.3. The first kappa shape index (κ1) is 23.3. The summed E-state index contributed by atoms with van der Waals surface area (Å²) in [5.74, 6) is 0. The van der Waals surface area contributed by atoms with E-state index in [1.54, 1.807) is 0 Å². The van der Waals surface area contributed by atoms with E-state index in [-0.39, 0.29) is 0 Å². The molecule has 1 aromatic heterocycles. The zero-order chi connectivity index (χ0) is 20.4. The zero-order valence-electron chi connectivity index (χ0n) is 18.8. The second-order valence-electron chi connectivity index (χ2n) is 9.38. The summed E-state index contributed by atoms with van der Waals surface area (Å²) >= 11 is 0. The molecule has 1 aliphatic heterocycles. The molecule has 28 heavy (non-hydrogen) atoms. The van der Waals surface area contributed by atoms with E-state index in [0.717, 1.165) is 45.1 Å². The van der Waals surface area contributed by atoms with Crippen molar-refractivity contribution in [3.63, 3.8) is 0 Å². The Bertz CT molecular complexity index is 524. The molecule has 0 spiro atoms. The van der Waals surface area contributed by atoms with Crippen LogP contribution in [0.2, 0.25) is 0 Å². The molecular formula is C22H42N4O2. The second-order valence-corrected chi connectivity index (χ2v) is 9.38. The molecule has 2 aliphatic rings. The molecule has 1 N–H and O–H groups in total. The zero-order valence-corrected chi connectivity index (χ0v) is 18.8. The van der Waals surface area contributed by atoms with Crippen LogP contribution in [0, 0.1) is 5.41 Å².